The monoisotopic (exact) mass is 410 g/mol. The molecule has 1 aromatic heterocycles. The standard InChI is InChI=1S/C23H27FN4O2/c1-2-30-20-8-3-17-15-22(26-21(17)16-20)23(29)25-9-10-27-11-13-28(14-12-27)19-6-4-18(24)5-7-19/h3-8,15-16,26H,2,9-14H2,1H3,(H,25,29). The third-order valence-corrected chi connectivity index (χ3v) is 5.43. The second kappa shape index (κ2) is 9.17. The van der Waals surface area contributed by atoms with Gasteiger partial charge in [0.25, 0.3) is 5.91 Å². The van der Waals surface area contributed by atoms with E-state index in [4.69, 9.17) is 4.74 Å². The third-order valence-electron chi connectivity index (χ3n) is 5.43. The molecule has 6 nitrogen and oxygen atoms in total. The predicted molar refractivity (Wildman–Crippen MR) is 117 cm³/mol. The van der Waals surface area contributed by atoms with Crippen molar-refractivity contribution in [1.29, 1.82) is 0 Å². The number of nitrogens with zero attached hydrogens (tertiary/aromatic N) is 2. The molecular weight excluding hydrogens is 383 g/mol. The summed E-state index contributed by atoms with van der Waals surface area (Å²) in [6.07, 6.45) is 0. The molecule has 1 saturated heterocycles. The van der Waals surface area contributed by atoms with E-state index in [1.165, 1.54) is 12.1 Å². The summed E-state index contributed by atoms with van der Waals surface area (Å²) < 4.78 is 18.6. The van der Waals surface area contributed by atoms with Crippen LogP contribution in [0.1, 0.15) is 17.4 Å². The van der Waals surface area contributed by atoms with Crippen LogP contribution >= 0.6 is 0 Å². The van der Waals surface area contributed by atoms with Gasteiger partial charge in [0, 0.05) is 61.9 Å². The van der Waals surface area contributed by atoms with Gasteiger partial charge >= 0.3 is 0 Å². The van der Waals surface area contributed by atoms with Crippen LogP contribution in [0.4, 0.5) is 10.1 Å². The van der Waals surface area contributed by atoms with Gasteiger partial charge in [-0.25, -0.2) is 4.39 Å². The van der Waals surface area contributed by atoms with Gasteiger partial charge in [-0.15, -0.1) is 0 Å². The average Bonchev–Trinajstić information content (AvgIpc) is 3.19. The molecule has 0 atom stereocenters. The number of piperazine rings is 1. The van der Waals surface area contributed by atoms with Crippen LogP contribution in [0.15, 0.2) is 48.5 Å². The number of anilines is 1. The van der Waals surface area contributed by atoms with Crippen molar-refractivity contribution in [2.24, 2.45) is 0 Å². The molecule has 0 aliphatic carbocycles. The van der Waals surface area contributed by atoms with E-state index in [1.807, 2.05) is 43.3 Å². The van der Waals surface area contributed by atoms with Crippen LogP contribution in [0.3, 0.4) is 0 Å². The molecule has 1 aliphatic heterocycles. The Morgan fingerprint density at radius 2 is 1.87 bits per heavy atom. The Morgan fingerprint density at radius 1 is 1.10 bits per heavy atom. The zero-order chi connectivity index (χ0) is 20.9. The number of carbonyl (C=O) groups is 1. The van der Waals surface area contributed by atoms with E-state index in [9.17, 15) is 9.18 Å². The van der Waals surface area contributed by atoms with Crippen LogP contribution in [-0.4, -0.2) is 61.7 Å². The number of amides is 1. The van der Waals surface area contributed by atoms with Gasteiger partial charge in [0.05, 0.1) is 6.61 Å². The number of aromatic amines is 1. The molecular formula is C23H27FN4O2. The minimum absolute atomic E-state index is 0.103. The molecule has 3 aromatic rings. The fraction of sp³-hybridized carbons (Fsp3) is 0.348. The Labute approximate surface area is 175 Å². The quantitative estimate of drug-likeness (QED) is 0.628. The molecule has 1 fully saturated rings. The van der Waals surface area contributed by atoms with Gasteiger partial charge in [-0.2, -0.15) is 0 Å². The number of hydrogen-bond donors (Lipinski definition) is 2. The Balaban J connectivity index is 1.24. The topological polar surface area (TPSA) is 60.6 Å². The Kier molecular flexibility index (Phi) is 6.18. The van der Waals surface area contributed by atoms with Crippen LogP contribution in [-0.2, 0) is 0 Å². The summed E-state index contributed by atoms with van der Waals surface area (Å²) >= 11 is 0. The number of carbonyl (C=O) groups excluding carboxylic acids is 1. The number of rotatable bonds is 7. The van der Waals surface area contributed by atoms with Gasteiger partial charge in [0.1, 0.15) is 17.3 Å². The van der Waals surface area contributed by atoms with Gasteiger partial charge in [-0.05, 0) is 49.4 Å². The first-order chi connectivity index (χ1) is 14.6. The van der Waals surface area contributed by atoms with E-state index >= 15 is 0 Å². The van der Waals surface area contributed by atoms with Gasteiger partial charge in [-0.1, -0.05) is 0 Å². The maximum Gasteiger partial charge on any atom is 0.267 e. The fourth-order valence-corrected chi connectivity index (χ4v) is 3.79. The smallest absolute Gasteiger partial charge is 0.267 e. The molecule has 2 aromatic carbocycles. The third kappa shape index (κ3) is 4.74. The van der Waals surface area contributed by atoms with E-state index in [-0.39, 0.29) is 11.7 Å². The minimum atomic E-state index is -0.210. The van der Waals surface area contributed by atoms with E-state index < -0.39 is 0 Å². The van der Waals surface area contributed by atoms with Crippen LogP contribution in [0, 0.1) is 5.82 Å². The first kappa shape index (κ1) is 20.2. The predicted octanol–water partition coefficient (Wildman–Crippen LogP) is 3.26. The highest BCUT2D eigenvalue weighted by Gasteiger charge is 2.17. The van der Waals surface area contributed by atoms with Gasteiger partial charge < -0.3 is 19.9 Å². The summed E-state index contributed by atoms with van der Waals surface area (Å²) in [7, 11) is 0. The first-order valence-corrected chi connectivity index (χ1v) is 10.4. The van der Waals surface area contributed by atoms with E-state index in [1.54, 1.807) is 0 Å². The summed E-state index contributed by atoms with van der Waals surface area (Å²) in [4.78, 5) is 20.3. The van der Waals surface area contributed by atoms with Gasteiger partial charge in [-0.3, -0.25) is 9.69 Å². The average molecular weight is 410 g/mol. The zero-order valence-electron chi connectivity index (χ0n) is 17.2. The molecule has 158 valence electrons. The van der Waals surface area contributed by atoms with Crippen LogP contribution in [0.5, 0.6) is 5.75 Å². The molecule has 0 radical (unpaired) electrons. The van der Waals surface area contributed by atoms with Crippen molar-refractivity contribution in [1.82, 2.24) is 15.2 Å². The van der Waals surface area contributed by atoms with Crippen molar-refractivity contribution in [3.8, 4) is 5.75 Å². The normalized spacial score (nSPS) is 14.8. The molecule has 0 unspecified atom stereocenters. The van der Waals surface area contributed by atoms with Crippen molar-refractivity contribution < 1.29 is 13.9 Å². The maximum atomic E-state index is 13.1. The Bertz CT molecular complexity index is 994. The minimum Gasteiger partial charge on any atom is -0.494 e. The molecule has 0 bridgehead atoms. The molecule has 4 rings (SSSR count). The molecule has 7 heteroatoms. The molecule has 2 N–H and O–H groups in total. The Hall–Kier alpha value is -3.06. The molecule has 1 aliphatic rings. The Morgan fingerprint density at radius 3 is 2.60 bits per heavy atom. The lowest BCUT2D eigenvalue weighted by molar-refractivity contribution is 0.0943. The number of fused-ring (bicyclic) bond motifs is 1. The van der Waals surface area contributed by atoms with Crippen LogP contribution < -0.4 is 15.0 Å². The number of hydrogen-bond acceptors (Lipinski definition) is 4. The lowest BCUT2D eigenvalue weighted by atomic mass is 10.2. The summed E-state index contributed by atoms with van der Waals surface area (Å²) in [5, 5.41) is 3.98. The second-order valence-corrected chi connectivity index (χ2v) is 7.43. The molecule has 0 spiro atoms. The van der Waals surface area contributed by atoms with E-state index in [0.29, 0.717) is 18.8 Å². The first-order valence-electron chi connectivity index (χ1n) is 10.4. The maximum absolute atomic E-state index is 13.1. The van der Waals surface area contributed by atoms with Crippen molar-refractivity contribution >= 4 is 22.5 Å². The largest absolute Gasteiger partial charge is 0.494 e. The van der Waals surface area contributed by atoms with Crippen molar-refractivity contribution in [3.05, 3.63) is 60.0 Å². The fourth-order valence-electron chi connectivity index (χ4n) is 3.79. The lowest BCUT2D eigenvalue weighted by Gasteiger charge is -2.36. The number of nitrogens with one attached hydrogen (secondary N) is 2. The lowest BCUT2D eigenvalue weighted by Crippen LogP contribution is -2.48. The number of benzene rings is 2. The van der Waals surface area contributed by atoms with Crippen molar-refractivity contribution in [2.45, 2.75) is 6.92 Å². The van der Waals surface area contributed by atoms with Crippen LogP contribution in [0.2, 0.25) is 0 Å². The van der Waals surface area contributed by atoms with Gasteiger partial charge in [0.15, 0.2) is 0 Å². The highest BCUT2D eigenvalue weighted by molar-refractivity contribution is 5.98. The van der Waals surface area contributed by atoms with E-state index in [0.717, 1.165) is 55.1 Å². The van der Waals surface area contributed by atoms with Gasteiger partial charge in [0.2, 0.25) is 0 Å². The molecule has 30 heavy (non-hydrogen) atoms. The van der Waals surface area contributed by atoms with Crippen molar-refractivity contribution in [2.75, 3.05) is 50.8 Å². The number of H-pyrrole nitrogens is 1. The SMILES string of the molecule is CCOc1ccc2cc(C(=O)NCCN3CCN(c4ccc(F)cc4)CC3)[nH]c2c1. The second-order valence-electron chi connectivity index (χ2n) is 7.43. The summed E-state index contributed by atoms with van der Waals surface area (Å²) in [6.45, 7) is 7.57. The zero-order valence-corrected chi connectivity index (χ0v) is 17.2. The molecule has 2 heterocycles. The highest BCUT2D eigenvalue weighted by atomic mass is 19.1. The molecule has 1 amide bonds. The molecule has 0 saturated carbocycles. The van der Waals surface area contributed by atoms with E-state index in [2.05, 4.69) is 20.1 Å². The summed E-state index contributed by atoms with van der Waals surface area (Å²) in [6, 6.07) is 14.3. The van der Waals surface area contributed by atoms with Crippen molar-refractivity contribution in [3.63, 3.8) is 0 Å². The number of aromatic nitrogens is 1. The highest BCUT2D eigenvalue weighted by Crippen LogP contribution is 2.21. The van der Waals surface area contributed by atoms with Crippen LogP contribution in [0.25, 0.3) is 10.9 Å². The number of ether oxygens (including phenoxy) is 1. The summed E-state index contributed by atoms with van der Waals surface area (Å²) in [5.41, 5.74) is 2.50. The summed E-state index contributed by atoms with van der Waals surface area (Å²) in [5.74, 6) is 0.477. The number of halogens is 1.